The lowest BCUT2D eigenvalue weighted by Crippen LogP contribution is -1.99. The van der Waals surface area contributed by atoms with Crippen LogP contribution >= 0.6 is 0 Å². The summed E-state index contributed by atoms with van der Waals surface area (Å²) in [5, 5.41) is 4.35. The van der Waals surface area contributed by atoms with Crippen LogP contribution in [0.1, 0.15) is 0 Å². The van der Waals surface area contributed by atoms with Gasteiger partial charge < -0.3 is 18.0 Å². The average Bonchev–Trinajstić information content (AvgIpc) is 4.21. The molecule has 328 valence electrons. The van der Waals surface area contributed by atoms with Gasteiger partial charge >= 0.3 is 0 Å². The van der Waals surface area contributed by atoms with Gasteiger partial charge in [-0.3, -0.25) is 0 Å². The standard InChI is InChI=1S/C66H42N2O2/c1-5-19-43(20-6-1)47-35-48(44-21-7-2-8-22-44)38-51(37-47)67-59(57-31-17-29-55-53-27-13-15-33-63(53)69-65(55)57)41-62-61(67)42-60(58-32-18-30-56-54-28-14-16-34-64(54)70-66(56)58)68(62)52-39-49(45-23-9-3-10-24-45)36-50(40-52)46-25-11-4-12-26-46/h1-42H. The van der Waals surface area contributed by atoms with Crippen molar-refractivity contribution in [2.24, 2.45) is 0 Å². The summed E-state index contributed by atoms with van der Waals surface area (Å²) in [7, 11) is 0. The highest BCUT2D eigenvalue weighted by Gasteiger charge is 2.26. The average molecular weight is 895 g/mol. The smallest absolute Gasteiger partial charge is 0.144 e. The Morgan fingerprint density at radius 3 is 0.914 bits per heavy atom. The van der Waals surface area contributed by atoms with Gasteiger partial charge in [0.05, 0.1) is 22.4 Å². The van der Waals surface area contributed by atoms with Gasteiger partial charge in [0, 0.05) is 44.0 Å². The topological polar surface area (TPSA) is 36.1 Å². The van der Waals surface area contributed by atoms with E-state index in [1.165, 1.54) is 0 Å². The molecule has 0 fully saturated rings. The highest BCUT2D eigenvalue weighted by Crippen LogP contribution is 2.46. The summed E-state index contributed by atoms with van der Waals surface area (Å²) in [5.41, 5.74) is 20.7. The second-order valence-electron chi connectivity index (χ2n) is 18.1. The SMILES string of the molecule is c1ccc(-c2cc(-c3ccccc3)cc(-n3c(-c4cccc5c4oc4ccccc45)cc4c3cc(-c3cccc5c3oc3ccccc35)n4-c3cc(-c4ccccc4)cc(-c4ccccc4)c3)c2)cc1. The first-order valence-corrected chi connectivity index (χ1v) is 23.8. The zero-order valence-corrected chi connectivity index (χ0v) is 38.0. The molecule has 4 heteroatoms. The molecule has 0 bridgehead atoms. The molecule has 0 spiro atoms. The Kier molecular flexibility index (Phi) is 9.17. The molecule has 0 saturated carbocycles. The Labute approximate surface area is 404 Å². The molecule has 4 nitrogen and oxygen atoms in total. The van der Waals surface area contributed by atoms with Crippen molar-refractivity contribution in [2.45, 2.75) is 0 Å². The van der Waals surface area contributed by atoms with Gasteiger partial charge in [0.25, 0.3) is 0 Å². The largest absolute Gasteiger partial charge is 0.455 e. The van der Waals surface area contributed by atoms with Crippen LogP contribution in [0.4, 0.5) is 0 Å². The molecule has 0 radical (unpaired) electrons. The zero-order chi connectivity index (χ0) is 46.1. The summed E-state index contributed by atoms with van der Waals surface area (Å²) in [6, 6.07) is 91.3. The molecule has 0 amide bonds. The van der Waals surface area contributed by atoms with Gasteiger partial charge in [-0.15, -0.1) is 0 Å². The van der Waals surface area contributed by atoms with Crippen molar-refractivity contribution in [3.05, 3.63) is 255 Å². The van der Waals surface area contributed by atoms with E-state index in [0.717, 1.165) is 133 Å². The minimum absolute atomic E-state index is 0.851. The van der Waals surface area contributed by atoms with Gasteiger partial charge in [0.1, 0.15) is 22.3 Å². The summed E-state index contributed by atoms with van der Waals surface area (Å²) >= 11 is 0. The molecule has 0 saturated heterocycles. The maximum Gasteiger partial charge on any atom is 0.144 e. The predicted octanol–water partition coefficient (Wildman–Crippen LogP) is 18.2. The third-order valence-electron chi connectivity index (χ3n) is 13.9. The molecule has 4 aromatic heterocycles. The van der Waals surface area contributed by atoms with Crippen LogP contribution in [-0.4, -0.2) is 9.13 Å². The van der Waals surface area contributed by atoms with Crippen molar-refractivity contribution in [2.75, 3.05) is 0 Å². The number of benzene rings is 10. The van der Waals surface area contributed by atoms with E-state index in [1.807, 2.05) is 12.1 Å². The number of nitrogens with zero attached hydrogens (tertiary/aromatic N) is 2. The van der Waals surface area contributed by atoms with Crippen LogP contribution in [0.5, 0.6) is 0 Å². The fourth-order valence-corrected chi connectivity index (χ4v) is 10.7. The first-order valence-electron chi connectivity index (χ1n) is 23.8. The zero-order valence-electron chi connectivity index (χ0n) is 38.0. The molecule has 14 rings (SSSR count). The number of fused-ring (bicyclic) bond motifs is 7. The molecule has 0 N–H and O–H groups in total. The fourth-order valence-electron chi connectivity index (χ4n) is 10.7. The minimum Gasteiger partial charge on any atom is -0.455 e. The van der Waals surface area contributed by atoms with Gasteiger partial charge in [-0.1, -0.05) is 182 Å². The molecule has 4 heterocycles. The molecule has 0 unspecified atom stereocenters. The van der Waals surface area contributed by atoms with E-state index in [9.17, 15) is 0 Å². The number of hydrogen-bond donors (Lipinski definition) is 0. The summed E-state index contributed by atoms with van der Waals surface area (Å²) in [5.74, 6) is 0. The summed E-state index contributed by atoms with van der Waals surface area (Å²) in [6.45, 7) is 0. The van der Waals surface area contributed by atoms with Crippen LogP contribution in [0, 0.1) is 0 Å². The van der Waals surface area contributed by atoms with Crippen LogP contribution in [0.15, 0.2) is 264 Å². The quantitative estimate of drug-likeness (QED) is 0.152. The van der Waals surface area contributed by atoms with Gasteiger partial charge in [0.2, 0.25) is 0 Å². The third kappa shape index (κ3) is 6.53. The van der Waals surface area contributed by atoms with Crippen LogP contribution in [0.2, 0.25) is 0 Å². The lowest BCUT2D eigenvalue weighted by atomic mass is 9.97. The van der Waals surface area contributed by atoms with Gasteiger partial charge in [-0.25, -0.2) is 0 Å². The molecule has 0 aliphatic rings. The Bertz CT molecular complexity index is 3880. The van der Waals surface area contributed by atoms with Crippen molar-refractivity contribution in [1.29, 1.82) is 0 Å². The van der Waals surface area contributed by atoms with Gasteiger partial charge in [-0.05, 0) is 117 Å². The van der Waals surface area contributed by atoms with Gasteiger partial charge in [-0.2, -0.15) is 0 Å². The van der Waals surface area contributed by atoms with E-state index in [0.29, 0.717) is 0 Å². The molecule has 0 aliphatic heterocycles. The minimum atomic E-state index is 0.851. The number of para-hydroxylation sites is 4. The van der Waals surface area contributed by atoms with Crippen LogP contribution in [-0.2, 0) is 0 Å². The maximum atomic E-state index is 6.87. The number of rotatable bonds is 8. The first kappa shape index (κ1) is 39.8. The van der Waals surface area contributed by atoms with E-state index in [1.54, 1.807) is 0 Å². The fraction of sp³-hybridized carbons (Fsp3) is 0. The molecular formula is C66H42N2O2. The molecule has 0 atom stereocenters. The van der Waals surface area contributed by atoms with E-state index in [2.05, 4.69) is 252 Å². The van der Waals surface area contributed by atoms with Crippen molar-refractivity contribution in [3.8, 4) is 78.4 Å². The maximum absolute atomic E-state index is 6.87. The molecule has 10 aromatic carbocycles. The Balaban J connectivity index is 1.14. The van der Waals surface area contributed by atoms with E-state index < -0.39 is 0 Å². The third-order valence-corrected chi connectivity index (χ3v) is 13.9. The van der Waals surface area contributed by atoms with Crippen molar-refractivity contribution in [3.63, 3.8) is 0 Å². The Morgan fingerprint density at radius 1 is 0.243 bits per heavy atom. The highest BCUT2D eigenvalue weighted by molar-refractivity contribution is 6.12. The lowest BCUT2D eigenvalue weighted by Gasteiger charge is -2.16. The predicted molar refractivity (Wildman–Crippen MR) is 290 cm³/mol. The van der Waals surface area contributed by atoms with E-state index >= 15 is 0 Å². The van der Waals surface area contributed by atoms with Crippen LogP contribution in [0.25, 0.3) is 133 Å². The second-order valence-corrected chi connectivity index (χ2v) is 18.1. The van der Waals surface area contributed by atoms with E-state index in [4.69, 9.17) is 8.83 Å². The van der Waals surface area contributed by atoms with E-state index in [-0.39, 0.29) is 0 Å². The molecule has 70 heavy (non-hydrogen) atoms. The van der Waals surface area contributed by atoms with Crippen LogP contribution in [0.3, 0.4) is 0 Å². The molecule has 14 aromatic rings. The lowest BCUT2D eigenvalue weighted by molar-refractivity contribution is 0.669. The Hall–Kier alpha value is -9.38. The monoisotopic (exact) mass is 894 g/mol. The summed E-state index contributed by atoms with van der Waals surface area (Å²) in [4.78, 5) is 0. The number of furan rings is 2. The second kappa shape index (κ2) is 16.2. The summed E-state index contributed by atoms with van der Waals surface area (Å²) in [6.07, 6.45) is 0. The number of aromatic nitrogens is 2. The molecular weight excluding hydrogens is 853 g/mol. The van der Waals surface area contributed by atoms with Crippen molar-refractivity contribution in [1.82, 2.24) is 9.13 Å². The van der Waals surface area contributed by atoms with Crippen molar-refractivity contribution >= 4 is 54.9 Å². The van der Waals surface area contributed by atoms with Crippen molar-refractivity contribution < 1.29 is 8.83 Å². The summed E-state index contributed by atoms with van der Waals surface area (Å²) < 4.78 is 18.6. The van der Waals surface area contributed by atoms with Crippen LogP contribution < -0.4 is 0 Å². The number of hydrogen-bond acceptors (Lipinski definition) is 2. The Morgan fingerprint density at radius 2 is 0.557 bits per heavy atom. The van der Waals surface area contributed by atoms with Gasteiger partial charge in [0.15, 0.2) is 0 Å². The normalized spacial score (nSPS) is 11.7. The highest BCUT2D eigenvalue weighted by atomic mass is 16.3. The first-order chi connectivity index (χ1) is 34.7. The molecule has 0 aliphatic carbocycles.